The van der Waals surface area contributed by atoms with Gasteiger partial charge < -0.3 is 15.8 Å². The highest BCUT2D eigenvalue weighted by atomic mass is 32.1. The number of nitrogens with one attached hydrogen (secondary N) is 1. The lowest BCUT2D eigenvalue weighted by Gasteiger charge is -2.05. The van der Waals surface area contributed by atoms with E-state index in [1.165, 1.54) is 0 Å². The molecule has 116 valence electrons. The van der Waals surface area contributed by atoms with Crippen molar-refractivity contribution in [2.45, 2.75) is 0 Å². The minimum Gasteiger partial charge on any atom is -0.497 e. The molecule has 3 aromatic rings. The van der Waals surface area contributed by atoms with Crippen LogP contribution in [0.25, 0.3) is 21.8 Å². The van der Waals surface area contributed by atoms with Crippen LogP contribution < -0.4 is 15.8 Å². The summed E-state index contributed by atoms with van der Waals surface area (Å²) in [5.41, 5.74) is 9.35. The van der Waals surface area contributed by atoms with Crippen LogP contribution in [-0.2, 0) is 0 Å². The van der Waals surface area contributed by atoms with E-state index < -0.39 is 0 Å². The van der Waals surface area contributed by atoms with Crippen LogP contribution in [0.5, 0.6) is 5.75 Å². The Kier molecular flexibility index (Phi) is 4.55. The number of thiazole rings is 1. The van der Waals surface area contributed by atoms with Gasteiger partial charge in [0.2, 0.25) is 0 Å². The van der Waals surface area contributed by atoms with Gasteiger partial charge in [-0.05, 0) is 36.5 Å². The van der Waals surface area contributed by atoms with Crippen LogP contribution in [0.2, 0.25) is 0 Å². The van der Waals surface area contributed by atoms with Crippen molar-refractivity contribution in [3.63, 3.8) is 0 Å². The molecule has 0 unspecified atom stereocenters. The van der Waals surface area contributed by atoms with Crippen LogP contribution in [0.1, 0.15) is 0 Å². The molecule has 0 fully saturated rings. The smallest absolute Gasteiger partial charge is 0.168 e. The van der Waals surface area contributed by atoms with Crippen molar-refractivity contribution >= 4 is 34.4 Å². The van der Waals surface area contributed by atoms with Gasteiger partial charge >= 0.3 is 0 Å². The SMILES string of the molecule is COc1cccc(-c2csc(-c3cccc(NC(N)=S)c3)n2)c1. The summed E-state index contributed by atoms with van der Waals surface area (Å²) < 4.78 is 5.26. The summed E-state index contributed by atoms with van der Waals surface area (Å²) in [6.45, 7) is 0. The zero-order valence-corrected chi connectivity index (χ0v) is 14.1. The second kappa shape index (κ2) is 6.76. The molecule has 1 aromatic heterocycles. The van der Waals surface area contributed by atoms with Crippen molar-refractivity contribution in [1.29, 1.82) is 0 Å². The molecule has 0 radical (unpaired) electrons. The van der Waals surface area contributed by atoms with Gasteiger partial charge in [0.15, 0.2) is 5.11 Å². The van der Waals surface area contributed by atoms with Crippen molar-refractivity contribution in [2.75, 3.05) is 12.4 Å². The van der Waals surface area contributed by atoms with E-state index in [4.69, 9.17) is 27.7 Å². The Labute approximate surface area is 143 Å². The summed E-state index contributed by atoms with van der Waals surface area (Å²) in [6.07, 6.45) is 0. The predicted octanol–water partition coefficient (Wildman–Crippen LogP) is 4.14. The van der Waals surface area contributed by atoms with Gasteiger partial charge in [-0.1, -0.05) is 24.3 Å². The maximum absolute atomic E-state index is 5.52. The molecule has 3 rings (SSSR count). The molecular formula is C17H15N3OS2. The molecule has 0 aliphatic rings. The topological polar surface area (TPSA) is 60.2 Å². The van der Waals surface area contributed by atoms with Gasteiger partial charge in [-0.15, -0.1) is 11.3 Å². The van der Waals surface area contributed by atoms with E-state index in [1.807, 2.05) is 53.9 Å². The van der Waals surface area contributed by atoms with Crippen molar-refractivity contribution in [2.24, 2.45) is 5.73 Å². The van der Waals surface area contributed by atoms with E-state index in [1.54, 1.807) is 18.4 Å². The first kappa shape index (κ1) is 15.5. The van der Waals surface area contributed by atoms with Crippen molar-refractivity contribution in [3.05, 3.63) is 53.9 Å². The summed E-state index contributed by atoms with van der Waals surface area (Å²) >= 11 is 6.47. The fourth-order valence-electron chi connectivity index (χ4n) is 2.19. The maximum atomic E-state index is 5.52. The van der Waals surface area contributed by atoms with Gasteiger partial charge in [-0.3, -0.25) is 0 Å². The number of benzene rings is 2. The third-order valence-corrected chi connectivity index (χ3v) is 4.24. The van der Waals surface area contributed by atoms with Crippen molar-refractivity contribution < 1.29 is 4.74 Å². The molecule has 1 heterocycles. The Hall–Kier alpha value is -2.44. The number of methoxy groups -OCH3 is 1. The molecule has 4 nitrogen and oxygen atoms in total. The first-order valence-electron chi connectivity index (χ1n) is 6.92. The van der Waals surface area contributed by atoms with E-state index in [-0.39, 0.29) is 5.11 Å². The zero-order valence-electron chi connectivity index (χ0n) is 12.4. The molecule has 0 bridgehead atoms. The number of hydrogen-bond acceptors (Lipinski definition) is 4. The highest BCUT2D eigenvalue weighted by Gasteiger charge is 2.08. The highest BCUT2D eigenvalue weighted by molar-refractivity contribution is 7.80. The number of thiocarbonyl (C=S) groups is 1. The van der Waals surface area contributed by atoms with Gasteiger partial charge in [0.05, 0.1) is 12.8 Å². The average Bonchev–Trinajstić information content (AvgIpc) is 3.04. The van der Waals surface area contributed by atoms with Gasteiger partial charge in [0, 0.05) is 22.2 Å². The van der Waals surface area contributed by atoms with Crippen LogP contribution in [0.3, 0.4) is 0 Å². The number of ether oxygens (including phenoxy) is 1. The molecule has 0 aliphatic carbocycles. The number of rotatable bonds is 4. The third kappa shape index (κ3) is 3.67. The van der Waals surface area contributed by atoms with Gasteiger partial charge in [-0.25, -0.2) is 4.98 Å². The second-order valence-corrected chi connectivity index (χ2v) is 6.14. The minimum atomic E-state index is 0.248. The van der Waals surface area contributed by atoms with E-state index in [2.05, 4.69) is 5.32 Å². The monoisotopic (exact) mass is 341 g/mol. The van der Waals surface area contributed by atoms with E-state index in [9.17, 15) is 0 Å². The quantitative estimate of drug-likeness (QED) is 0.698. The summed E-state index contributed by atoms with van der Waals surface area (Å²) in [6, 6.07) is 15.7. The summed E-state index contributed by atoms with van der Waals surface area (Å²) in [4.78, 5) is 4.72. The van der Waals surface area contributed by atoms with Crippen LogP contribution >= 0.6 is 23.6 Å². The molecule has 0 saturated carbocycles. The molecule has 0 spiro atoms. The Morgan fingerprint density at radius 3 is 2.74 bits per heavy atom. The molecular weight excluding hydrogens is 326 g/mol. The maximum Gasteiger partial charge on any atom is 0.168 e. The van der Waals surface area contributed by atoms with E-state index in [0.29, 0.717) is 0 Å². The molecule has 0 atom stereocenters. The van der Waals surface area contributed by atoms with Crippen molar-refractivity contribution in [3.8, 4) is 27.6 Å². The zero-order chi connectivity index (χ0) is 16.2. The summed E-state index contributed by atoms with van der Waals surface area (Å²) in [7, 11) is 1.66. The lowest BCUT2D eigenvalue weighted by molar-refractivity contribution is 0.415. The fourth-order valence-corrected chi connectivity index (χ4v) is 3.14. The fraction of sp³-hybridized carbons (Fsp3) is 0.0588. The Balaban J connectivity index is 1.91. The third-order valence-electron chi connectivity index (χ3n) is 3.25. The molecule has 6 heteroatoms. The Bertz CT molecular complexity index is 845. The number of hydrogen-bond donors (Lipinski definition) is 2. The van der Waals surface area contributed by atoms with Crippen LogP contribution in [0, 0.1) is 0 Å². The van der Waals surface area contributed by atoms with Crippen LogP contribution in [-0.4, -0.2) is 17.2 Å². The second-order valence-electron chi connectivity index (χ2n) is 4.84. The lowest BCUT2D eigenvalue weighted by atomic mass is 10.1. The van der Waals surface area contributed by atoms with E-state index in [0.717, 1.165) is 33.3 Å². The minimum absolute atomic E-state index is 0.248. The van der Waals surface area contributed by atoms with Gasteiger partial charge in [-0.2, -0.15) is 0 Å². The normalized spacial score (nSPS) is 10.3. The average molecular weight is 341 g/mol. The van der Waals surface area contributed by atoms with Gasteiger partial charge in [0.25, 0.3) is 0 Å². The standard InChI is InChI=1S/C17H15N3OS2/c1-21-14-7-3-4-11(9-14)15-10-23-16(20-15)12-5-2-6-13(8-12)19-17(18)22/h2-10H,1H3,(H3,18,19,22). The number of aromatic nitrogens is 1. The molecule has 23 heavy (non-hydrogen) atoms. The summed E-state index contributed by atoms with van der Waals surface area (Å²) in [5.74, 6) is 0.819. The van der Waals surface area contributed by atoms with Gasteiger partial charge in [0.1, 0.15) is 10.8 Å². The first-order valence-corrected chi connectivity index (χ1v) is 8.21. The van der Waals surface area contributed by atoms with E-state index >= 15 is 0 Å². The molecule has 0 amide bonds. The Morgan fingerprint density at radius 1 is 1.17 bits per heavy atom. The molecule has 0 saturated heterocycles. The summed E-state index contributed by atoms with van der Waals surface area (Å²) in [5, 5.41) is 6.17. The number of nitrogens with two attached hydrogens (primary N) is 1. The number of nitrogens with zero attached hydrogens (tertiary/aromatic N) is 1. The van der Waals surface area contributed by atoms with Crippen molar-refractivity contribution in [1.82, 2.24) is 4.98 Å². The molecule has 2 aromatic carbocycles. The predicted molar refractivity (Wildman–Crippen MR) is 99.9 cm³/mol. The lowest BCUT2D eigenvalue weighted by Crippen LogP contribution is -2.18. The highest BCUT2D eigenvalue weighted by Crippen LogP contribution is 2.31. The van der Waals surface area contributed by atoms with Crippen LogP contribution in [0.15, 0.2) is 53.9 Å². The molecule has 0 aliphatic heterocycles. The van der Waals surface area contributed by atoms with Crippen LogP contribution in [0.4, 0.5) is 5.69 Å². The first-order chi connectivity index (χ1) is 11.2. The Morgan fingerprint density at radius 2 is 1.96 bits per heavy atom. The number of anilines is 1. The largest absolute Gasteiger partial charge is 0.497 e. The molecule has 3 N–H and O–H groups in total.